The fraction of sp³-hybridized carbons (Fsp3) is 0.105. The molecule has 0 spiro atoms. The second kappa shape index (κ2) is 7.09. The van der Waals surface area contributed by atoms with Crippen molar-refractivity contribution in [2.45, 2.75) is 13.8 Å². The number of hydrogen-bond donors (Lipinski definition) is 2. The van der Waals surface area contributed by atoms with Gasteiger partial charge >= 0.3 is 0 Å². The minimum absolute atomic E-state index is 0.186. The van der Waals surface area contributed by atoms with Crippen LogP contribution in [0.1, 0.15) is 21.6 Å². The number of halogens is 1. The Bertz CT molecular complexity index is 927. The van der Waals surface area contributed by atoms with Crippen molar-refractivity contribution in [3.63, 3.8) is 0 Å². The van der Waals surface area contributed by atoms with Crippen molar-refractivity contribution in [3.05, 3.63) is 77.4 Å². The first-order valence-corrected chi connectivity index (χ1v) is 7.75. The number of hydrogen-bond acceptors (Lipinski definition) is 4. The summed E-state index contributed by atoms with van der Waals surface area (Å²) in [5.74, 6) is -0.538. The van der Waals surface area contributed by atoms with Gasteiger partial charge in [-0.1, -0.05) is 12.1 Å². The van der Waals surface area contributed by atoms with E-state index in [0.717, 1.165) is 11.3 Å². The van der Waals surface area contributed by atoms with Crippen LogP contribution in [0.3, 0.4) is 0 Å². The number of amides is 1. The minimum Gasteiger partial charge on any atom is -0.324 e. The van der Waals surface area contributed by atoms with Crippen molar-refractivity contribution in [1.82, 2.24) is 9.97 Å². The van der Waals surface area contributed by atoms with Crippen LogP contribution >= 0.6 is 0 Å². The zero-order valence-corrected chi connectivity index (χ0v) is 13.9. The van der Waals surface area contributed by atoms with Gasteiger partial charge in [0.05, 0.1) is 0 Å². The summed E-state index contributed by atoms with van der Waals surface area (Å²) in [5.41, 5.74) is 3.73. The van der Waals surface area contributed by atoms with Gasteiger partial charge in [0.25, 0.3) is 5.91 Å². The highest BCUT2D eigenvalue weighted by atomic mass is 19.1. The van der Waals surface area contributed by atoms with Crippen molar-refractivity contribution in [3.8, 4) is 0 Å². The molecule has 0 bridgehead atoms. The number of anilines is 3. The Morgan fingerprint density at radius 1 is 1.00 bits per heavy atom. The Kier molecular flexibility index (Phi) is 4.70. The van der Waals surface area contributed by atoms with Crippen LogP contribution < -0.4 is 10.6 Å². The van der Waals surface area contributed by atoms with Crippen LogP contribution in [0.2, 0.25) is 0 Å². The van der Waals surface area contributed by atoms with Crippen LogP contribution in [0.5, 0.6) is 0 Å². The van der Waals surface area contributed by atoms with Gasteiger partial charge in [0, 0.05) is 17.6 Å². The van der Waals surface area contributed by atoms with Gasteiger partial charge in [0.2, 0.25) is 5.95 Å². The SMILES string of the molecule is Cc1ccc(Nc2nccc(C(=O)Nc3cccc(F)c3)n2)cc1C. The Morgan fingerprint density at radius 3 is 2.60 bits per heavy atom. The molecule has 0 unspecified atom stereocenters. The highest BCUT2D eigenvalue weighted by Crippen LogP contribution is 2.17. The molecule has 1 aromatic heterocycles. The maximum absolute atomic E-state index is 13.2. The molecular formula is C19H17FN4O. The first kappa shape index (κ1) is 16.6. The fourth-order valence-electron chi connectivity index (χ4n) is 2.26. The zero-order chi connectivity index (χ0) is 17.8. The molecular weight excluding hydrogens is 319 g/mol. The average Bonchev–Trinajstić information content (AvgIpc) is 2.58. The highest BCUT2D eigenvalue weighted by Gasteiger charge is 2.10. The molecule has 5 nitrogen and oxygen atoms in total. The van der Waals surface area contributed by atoms with Gasteiger partial charge in [0.1, 0.15) is 11.5 Å². The van der Waals surface area contributed by atoms with Crippen LogP contribution in [0.15, 0.2) is 54.7 Å². The van der Waals surface area contributed by atoms with E-state index in [9.17, 15) is 9.18 Å². The molecule has 3 rings (SSSR count). The second-order valence-corrected chi connectivity index (χ2v) is 5.65. The number of aryl methyl sites for hydroxylation is 2. The molecule has 0 aliphatic rings. The Hall–Kier alpha value is -3.28. The van der Waals surface area contributed by atoms with Gasteiger partial charge in [-0.3, -0.25) is 4.79 Å². The molecule has 0 fully saturated rings. The van der Waals surface area contributed by atoms with E-state index >= 15 is 0 Å². The summed E-state index contributed by atoms with van der Waals surface area (Å²) in [4.78, 5) is 20.6. The van der Waals surface area contributed by atoms with Gasteiger partial charge < -0.3 is 10.6 Å². The lowest BCUT2D eigenvalue weighted by atomic mass is 10.1. The van der Waals surface area contributed by atoms with Crippen LogP contribution in [-0.2, 0) is 0 Å². The van der Waals surface area contributed by atoms with E-state index in [4.69, 9.17) is 0 Å². The summed E-state index contributed by atoms with van der Waals surface area (Å²) in [6.07, 6.45) is 1.50. The van der Waals surface area contributed by atoms with E-state index in [1.165, 1.54) is 36.0 Å². The summed E-state index contributed by atoms with van der Waals surface area (Å²) < 4.78 is 13.2. The van der Waals surface area contributed by atoms with Gasteiger partial charge in [-0.05, 0) is 61.4 Å². The van der Waals surface area contributed by atoms with E-state index in [1.807, 2.05) is 32.0 Å². The molecule has 0 aliphatic carbocycles. The second-order valence-electron chi connectivity index (χ2n) is 5.65. The quantitative estimate of drug-likeness (QED) is 0.748. The topological polar surface area (TPSA) is 66.9 Å². The molecule has 25 heavy (non-hydrogen) atoms. The van der Waals surface area contributed by atoms with Crippen LogP contribution in [0, 0.1) is 19.7 Å². The molecule has 0 saturated heterocycles. The van der Waals surface area contributed by atoms with E-state index < -0.39 is 11.7 Å². The van der Waals surface area contributed by atoms with Gasteiger partial charge in [0.15, 0.2) is 0 Å². The predicted molar refractivity (Wildman–Crippen MR) is 95.6 cm³/mol. The maximum atomic E-state index is 13.2. The number of nitrogens with one attached hydrogen (secondary N) is 2. The number of nitrogens with zero attached hydrogens (tertiary/aromatic N) is 2. The van der Waals surface area contributed by atoms with Crippen LogP contribution in [0.4, 0.5) is 21.7 Å². The van der Waals surface area contributed by atoms with Crippen LogP contribution in [-0.4, -0.2) is 15.9 Å². The minimum atomic E-state index is -0.434. The number of aromatic nitrogens is 2. The smallest absolute Gasteiger partial charge is 0.274 e. The summed E-state index contributed by atoms with van der Waals surface area (Å²) >= 11 is 0. The Morgan fingerprint density at radius 2 is 1.84 bits per heavy atom. The lowest BCUT2D eigenvalue weighted by Crippen LogP contribution is -2.14. The molecule has 6 heteroatoms. The number of carbonyl (C=O) groups excluding carboxylic acids is 1. The molecule has 0 saturated carbocycles. The maximum Gasteiger partial charge on any atom is 0.274 e. The summed E-state index contributed by atoms with van der Waals surface area (Å²) in [6.45, 7) is 4.05. The van der Waals surface area contributed by atoms with Crippen molar-refractivity contribution >= 4 is 23.2 Å². The summed E-state index contributed by atoms with van der Waals surface area (Å²) in [7, 11) is 0. The first-order valence-electron chi connectivity index (χ1n) is 7.75. The standard InChI is InChI=1S/C19H17FN4O/c1-12-6-7-16(10-13(12)2)23-19-21-9-8-17(24-19)18(25)22-15-5-3-4-14(20)11-15/h3-11H,1-2H3,(H,22,25)(H,21,23,24). The molecule has 0 radical (unpaired) electrons. The fourth-order valence-corrected chi connectivity index (χ4v) is 2.26. The van der Waals surface area contributed by atoms with Crippen molar-refractivity contribution in [1.29, 1.82) is 0 Å². The Balaban J connectivity index is 1.76. The van der Waals surface area contributed by atoms with Crippen molar-refractivity contribution < 1.29 is 9.18 Å². The molecule has 126 valence electrons. The van der Waals surface area contributed by atoms with Gasteiger partial charge in [-0.2, -0.15) is 0 Å². The van der Waals surface area contributed by atoms with Gasteiger partial charge in [-0.15, -0.1) is 0 Å². The molecule has 0 atom stereocenters. The third-order valence-corrected chi connectivity index (χ3v) is 3.73. The van der Waals surface area contributed by atoms with Crippen LogP contribution in [0.25, 0.3) is 0 Å². The monoisotopic (exact) mass is 336 g/mol. The summed E-state index contributed by atoms with van der Waals surface area (Å²) in [6, 6.07) is 13.1. The molecule has 2 N–H and O–H groups in total. The lowest BCUT2D eigenvalue weighted by molar-refractivity contribution is 0.102. The molecule has 1 amide bonds. The van der Waals surface area contributed by atoms with Crippen molar-refractivity contribution in [2.24, 2.45) is 0 Å². The summed E-state index contributed by atoms with van der Waals surface area (Å²) in [5, 5.41) is 5.69. The first-order chi connectivity index (χ1) is 12.0. The van der Waals surface area contributed by atoms with Crippen molar-refractivity contribution in [2.75, 3.05) is 10.6 Å². The largest absolute Gasteiger partial charge is 0.324 e. The van der Waals surface area contributed by atoms with Gasteiger partial charge in [-0.25, -0.2) is 14.4 Å². The average molecular weight is 336 g/mol. The molecule has 2 aromatic carbocycles. The number of benzene rings is 2. The predicted octanol–water partition coefficient (Wildman–Crippen LogP) is 4.23. The third kappa shape index (κ3) is 4.17. The van der Waals surface area contributed by atoms with E-state index in [1.54, 1.807) is 6.07 Å². The zero-order valence-electron chi connectivity index (χ0n) is 13.9. The molecule has 1 heterocycles. The lowest BCUT2D eigenvalue weighted by Gasteiger charge is -2.09. The van der Waals surface area contributed by atoms with E-state index in [-0.39, 0.29) is 5.69 Å². The van der Waals surface area contributed by atoms with E-state index in [0.29, 0.717) is 11.6 Å². The Labute approximate surface area is 145 Å². The highest BCUT2D eigenvalue weighted by molar-refractivity contribution is 6.02. The normalized spacial score (nSPS) is 10.4. The third-order valence-electron chi connectivity index (χ3n) is 3.73. The number of rotatable bonds is 4. The molecule has 0 aliphatic heterocycles. The van der Waals surface area contributed by atoms with E-state index in [2.05, 4.69) is 20.6 Å². The number of carbonyl (C=O) groups is 1. The molecule has 3 aromatic rings.